The van der Waals surface area contributed by atoms with Gasteiger partial charge in [-0.3, -0.25) is 9.69 Å². The summed E-state index contributed by atoms with van der Waals surface area (Å²) >= 11 is 0. The molecule has 34 heavy (non-hydrogen) atoms. The number of nitriles is 1. The Balaban J connectivity index is 1.45. The molecular weight excluding hydrogens is 434 g/mol. The fraction of sp³-hybridized carbons (Fsp3) is 0.462. The van der Waals surface area contributed by atoms with E-state index in [0.29, 0.717) is 31.4 Å². The number of piperidine rings is 1. The SMILES string of the molecule is CN(C(=O)/C=C/c1ccoc1)[C@H]1CC[C@@]2(O)[C@H]3Cc4ccc(O)c5c4[C@@]2(CC(C#N)N3C)[C@H]1O5. The quantitative estimate of drug-likeness (QED) is 0.675. The van der Waals surface area contributed by atoms with Crippen molar-refractivity contribution in [3.05, 3.63) is 53.5 Å². The number of carbonyl (C=O) groups is 1. The van der Waals surface area contributed by atoms with Crippen molar-refractivity contribution in [1.29, 1.82) is 5.26 Å². The first-order chi connectivity index (χ1) is 16.3. The Morgan fingerprint density at radius 2 is 2.21 bits per heavy atom. The molecule has 4 aliphatic rings. The molecule has 2 fully saturated rings. The van der Waals surface area contributed by atoms with Gasteiger partial charge in [-0.2, -0.15) is 5.26 Å². The second-order valence-corrected chi connectivity index (χ2v) is 10.1. The number of hydrogen-bond acceptors (Lipinski definition) is 7. The average molecular weight is 462 g/mol. The number of phenolic OH excluding ortho intramolecular Hbond substituents is 1. The highest BCUT2D eigenvalue weighted by Gasteiger charge is 2.74. The predicted molar refractivity (Wildman–Crippen MR) is 122 cm³/mol. The van der Waals surface area contributed by atoms with Gasteiger partial charge in [0.1, 0.15) is 6.10 Å². The number of hydrogen-bond donors (Lipinski definition) is 2. The monoisotopic (exact) mass is 461 g/mol. The first-order valence-electron chi connectivity index (χ1n) is 11.6. The predicted octanol–water partition coefficient (Wildman–Crippen LogP) is 2.20. The molecule has 8 nitrogen and oxygen atoms in total. The Hall–Kier alpha value is -3.28. The Morgan fingerprint density at radius 3 is 2.94 bits per heavy atom. The fourth-order valence-corrected chi connectivity index (χ4v) is 7.11. The van der Waals surface area contributed by atoms with Crippen LogP contribution < -0.4 is 4.74 Å². The van der Waals surface area contributed by atoms with E-state index in [9.17, 15) is 20.3 Å². The maximum absolute atomic E-state index is 13.1. The van der Waals surface area contributed by atoms with Crippen molar-refractivity contribution in [2.45, 2.75) is 60.9 Å². The van der Waals surface area contributed by atoms with E-state index < -0.39 is 23.2 Å². The Bertz CT molecular complexity index is 1230. The maximum Gasteiger partial charge on any atom is 0.246 e. The second kappa shape index (κ2) is 7.11. The maximum atomic E-state index is 13.1. The summed E-state index contributed by atoms with van der Waals surface area (Å²) in [6.07, 6.45) is 7.73. The van der Waals surface area contributed by atoms with E-state index in [1.807, 2.05) is 18.0 Å². The van der Waals surface area contributed by atoms with Crippen molar-refractivity contribution < 1.29 is 24.2 Å². The average Bonchev–Trinajstić information content (AvgIpc) is 3.46. The zero-order valence-corrected chi connectivity index (χ0v) is 19.1. The van der Waals surface area contributed by atoms with Crippen molar-refractivity contribution in [3.8, 4) is 17.6 Å². The third-order valence-electron chi connectivity index (χ3n) is 8.76. The van der Waals surface area contributed by atoms with E-state index in [1.165, 1.54) is 6.08 Å². The summed E-state index contributed by atoms with van der Waals surface area (Å²) in [5.41, 5.74) is 0.642. The third-order valence-corrected chi connectivity index (χ3v) is 8.76. The standard InChI is InChI=1S/C26H27N3O5/c1-28-17(13-27)12-25-22-16-4-5-19(30)23(22)34-24(25)18(7-9-26(25,32)20(28)11-16)29(2)21(31)6-3-15-8-10-33-14-15/h3-6,8,10,14,17-18,20,24,30,32H,7,9,11-12H2,1-2H3/b6-3+/t17?,18-,20+,24-,25-,26+/m0/s1. The number of furan rings is 1. The van der Waals surface area contributed by atoms with Gasteiger partial charge in [0.05, 0.1) is 41.7 Å². The van der Waals surface area contributed by atoms with Gasteiger partial charge < -0.3 is 24.3 Å². The smallest absolute Gasteiger partial charge is 0.246 e. The highest BCUT2D eigenvalue weighted by atomic mass is 16.5. The minimum absolute atomic E-state index is 0.0309. The molecule has 1 amide bonds. The zero-order chi connectivity index (χ0) is 23.8. The van der Waals surface area contributed by atoms with Gasteiger partial charge in [0, 0.05) is 30.3 Å². The van der Waals surface area contributed by atoms with Gasteiger partial charge in [-0.1, -0.05) is 6.07 Å². The molecule has 2 aromatic rings. The van der Waals surface area contributed by atoms with E-state index in [2.05, 4.69) is 6.07 Å². The molecule has 1 unspecified atom stereocenters. The van der Waals surface area contributed by atoms with E-state index >= 15 is 0 Å². The number of aliphatic hydroxyl groups is 1. The van der Waals surface area contributed by atoms with Crippen LogP contribution in [0.2, 0.25) is 0 Å². The van der Waals surface area contributed by atoms with E-state index in [0.717, 1.165) is 16.7 Å². The molecular formula is C26H27N3O5. The van der Waals surface area contributed by atoms with Gasteiger partial charge in [-0.25, -0.2) is 0 Å². The Kier molecular flexibility index (Phi) is 4.45. The number of likely N-dealkylation sites (N-methyl/N-ethyl adjacent to an activating group) is 2. The number of amides is 1. The van der Waals surface area contributed by atoms with Gasteiger partial charge in [-0.05, 0) is 56.5 Å². The molecule has 2 aliphatic carbocycles. The number of aromatic hydroxyl groups is 1. The van der Waals surface area contributed by atoms with Gasteiger partial charge in [0.2, 0.25) is 5.91 Å². The summed E-state index contributed by atoms with van der Waals surface area (Å²) < 4.78 is 11.5. The lowest BCUT2D eigenvalue weighted by atomic mass is 9.47. The Morgan fingerprint density at radius 1 is 1.38 bits per heavy atom. The molecule has 176 valence electrons. The lowest BCUT2D eigenvalue weighted by Crippen LogP contribution is -2.79. The highest BCUT2D eigenvalue weighted by Crippen LogP contribution is 2.66. The minimum Gasteiger partial charge on any atom is -0.504 e. The van der Waals surface area contributed by atoms with Crippen LogP contribution in [0.25, 0.3) is 6.08 Å². The van der Waals surface area contributed by atoms with Gasteiger partial charge in [0.15, 0.2) is 11.5 Å². The molecule has 1 spiro atoms. The van der Waals surface area contributed by atoms with Crippen LogP contribution in [0.1, 0.15) is 36.0 Å². The number of nitrogens with zero attached hydrogens (tertiary/aromatic N) is 3. The van der Waals surface area contributed by atoms with Crippen molar-refractivity contribution in [3.63, 3.8) is 0 Å². The van der Waals surface area contributed by atoms with Crippen LogP contribution in [-0.4, -0.2) is 69.8 Å². The van der Waals surface area contributed by atoms with Crippen molar-refractivity contribution in [1.82, 2.24) is 9.80 Å². The first kappa shape index (κ1) is 21.3. The molecule has 1 aromatic heterocycles. The molecule has 8 heteroatoms. The summed E-state index contributed by atoms with van der Waals surface area (Å²) in [6, 6.07) is 6.75. The van der Waals surface area contributed by atoms with Crippen LogP contribution in [0.3, 0.4) is 0 Å². The van der Waals surface area contributed by atoms with E-state index in [-0.39, 0.29) is 23.7 Å². The van der Waals surface area contributed by atoms with E-state index in [1.54, 1.807) is 42.7 Å². The van der Waals surface area contributed by atoms with E-state index in [4.69, 9.17) is 9.15 Å². The number of ether oxygens (including phenoxy) is 1. The van der Waals surface area contributed by atoms with Crippen LogP contribution >= 0.6 is 0 Å². The summed E-state index contributed by atoms with van der Waals surface area (Å²) in [5, 5.41) is 33.0. The molecule has 0 radical (unpaired) electrons. The zero-order valence-electron chi connectivity index (χ0n) is 19.1. The lowest BCUT2D eigenvalue weighted by molar-refractivity contribution is -0.202. The molecule has 3 heterocycles. The topological polar surface area (TPSA) is 110 Å². The van der Waals surface area contributed by atoms with Crippen molar-refractivity contribution in [2.24, 2.45) is 0 Å². The van der Waals surface area contributed by atoms with Crippen LogP contribution in [0.15, 0.2) is 41.2 Å². The first-order valence-corrected chi connectivity index (χ1v) is 11.6. The number of benzene rings is 1. The summed E-state index contributed by atoms with van der Waals surface area (Å²) in [7, 11) is 3.65. The summed E-state index contributed by atoms with van der Waals surface area (Å²) in [6.45, 7) is 0. The van der Waals surface area contributed by atoms with Crippen molar-refractivity contribution in [2.75, 3.05) is 14.1 Å². The summed E-state index contributed by atoms with van der Waals surface area (Å²) in [5.74, 6) is 0.236. The second-order valence-electron chi connectivity index (χ2n) is 10.1. The molecule has 2 bridgehead atoms. The lowest BCUT2D eigenvalue weighted by Gasteiger charge is -2.65. The van der Waals surface area contributed by atoms with Crippen LogP contribution in [0, 0.1) is 11.3 Å². The molecule has 1 saturated carbocycles. The number of phenols is 1. The normalized spacial score (nSPS) is 35.5. The Labute approximate surface area is 197 Å². The number of likely N-dealkylation sites (tertiary alicyclic amines) is 1. The summed E-state index contributed by atoms with van der Waals surface area (Å²) in [4.78, 5) is 16.8. The molecule has 6 atom stereocenters. The van der Waals surface area contributed by atoms with Gasteiger partial charge >= 0.3 is 0 Å². The third kappa shape index (κ3) is 2.51. The van der Waals surface area contributed by atoms with Gasteiger partial charge in [0.25, 0.3) is 0 Å². The molecule has 6 rings (SSSR count). The molecule has 2 aliphatic heterocycles. The van der Waals surface area contributed by atoms with Crippen LogP contribution in [-0.2, 0) is 16.6 Å². The number of rotatable bonds is 3. The van der Waals surface area contributed by atoms with Crippen LogP contribution in [0.5, 0.6) is 11.5 Å². The molecule has 1 aromatic carbocycles. The van der Waals surface area contributed by atoms with Crippen LogP contribution in [0.4, 0.5) is 0 Å². The van der Waals surface area contributed by atoms with Gasteiger partial charge in [-0.15, -0.1) is 0 Å². The fourth-order valence-electron chi connectivity index (χ4n) is 7.11. The molecule has 2 N–H and O–H groups in total. The minimum atomic E-state index is -1.13. The number of carbonyl (C=O) groups excluding carboxylic acids is 1. The molecule has 1 saturated heterocycles. The largest absolute Gasteiger partial charge is 0.504 e. The van der Waals surface area contributed by atoms with Crippen molar-refractivity contribution >= 4 is 12.0 Å². The highest BCUT2D eigenvalue weighted by molar-refractivity contribution is 5.92.